The van der Waals surface area contributed by atoms with Crippen molar-refractivity contribution in [2.75, 3.05) is 37.9 Å². The van der Waals surface area contributed by atoms with Gasteiger partial charge in [-0.1, -0.05) is 0 Å². The van der Waals surface area contributed by atoms with E-state index in [-0.39, 0.29) is 24.6 Å². The van der Waals surface area contributed by atoms with Gasteiger partial charge < -0.3 is 28.6 Å². The van der Waals surface area contributed by atoms with Gasteiger partial charge in [-0.3, -0.25) is 4.79 Å². The number of nitrogens with zero attached hydrogens (tertiary/aromatic N) is 3. The summed E-state index contributed by atoms with van der Waals surface area (Å²) in [6, 6.07) is 3.88. The van der Waals surface area contributed by atoms with Gasteiger partial charge in [-0.15, -0.1) is 0 Å². The molecule has 9 heteroatoms. The fourth-order valence-corrected chi connectivity index (χ4v) is 4.47. The van der Waals surface area contributed by atoms with Crippen molar-refractivity contribution in [2.45, 2.75) is 38.1 Å². The molecule has 1 saturated heterocycles. The van der Waals surface area contributed by atoms with Crippen LogP contribution in [-0.2, 0) is 11.2 Å². The largest absolute Gasteiger partial charge is 0.486 e. The quantitative estimate of drug-likeness (QED) is 0.701. The summed E-state index contributed by atoms with van der Waals surface area (Å²) < 4.78 is 30.7. The average molecular weight is 413 g/mol. The van der Waals surface area contributed by atoms with Gasteiger partial charge in [0.1, 0.15) is 31.3 Å². The minimum Gasteiger partial charge on any atom is -0.486 e. The lowest BCUT2D eigenvalue weighted by molar-refractivity contribution is -0.0432. The van der Waals surface area contributed by atoms with Crippen molar-refractivity contribution in [3.8, 4) is 23.0 Å². The molecule has 5 heterocycles. The molecule has 4 aliphatic rings. The normalized spacial score (nSPS) is 24.5. The topological polar surface area (TPSA) is 84.3 Å². The van der Waals surface area contributed by atoms with Gasteiger partial charge in [0.25, 0.3) is 0 Å². The Morgan fingerprint density at radius 2 is 1.83 bits per heavy atom. The van der Waals surface area contributed by atoms with E-state index in [0.717, 1.165) is 42.7 Å². The highest BCUT2D eigenvalue weighted by Crippen LogP contribution is 2.41. The highest BCUT2D eigenvalue weighted by molar-refractivity contribution is 5.60. The van der Waals surface area contributed by atoms with E-state index in [1.54, 1.807) is 6.20 Å². The summed E-state index contributed by atoms with van der Waals surface area (Å²) >= 11 is 0. The Morgan fingerprint density at radius 1 is 0.967 bits per heavy atom. The fourth-order valence-electron chi connectivity index (χ4n) is 4.47. The molecule has 4 aliphatic heterocycles. The van der Waals surface area contributed by atoms with E-state index >= 15 is 0 Å². The smallest absolute Gasteiger partial charge is 0.313 e. The lowest BCUT2D eigenvalue weighted by Crippen LogP contribution is -2.48. The van der Waals surface area contributed by atoms with Crippen molar-refractivity contribution in [1.29, 1.82) is 0 Å². The Balaban J connectivity index is 1.32. The van der Waals surface area contributed by atoms with Gasteiger partial charge in [0, 0.05) is 19.2 Å². The molecule has 2 unspecified atom stereocenters. The second kappa shape index (κ2) is 7.09. The first-order chi connectivity index (χ1) is 14.8. The van der Waals surface area contributed by atoms with Crippen LogP contribution in [0.1, 0.15) is 31.1 Å². The summed E-state index contributed by atoms with van der Waals surface area (Å²) in [7, 11) is 0. The maximum Gasteiger partial charge on any atom is 0.313 e. The Hall–Kier alpha value is -2.94. The number of anilines is 1. The van der Waals surface area contributed by atoms with E-state index in [2.05, 4.69) is 10.00 Å². The third-order valence-corrected chi connectivity index (χ3v) is 6.01. The molecular formula is C21H23N3O6. The van der Waals surface area contributed by atoms with E-state index in [1.807, 2.05) is 12.1 Å². The van der Waals surface area contributed by atoms with Crippen molar-refractivity contribution in [1.82, 2.24) is 9.78 Å². The van der Waals surface area contributed by atoms with Gasteiger partial charge in [0.05, 0.1) is 6.20 Å². The van der Waals surface area contributed by atoms with Crippen LogP contribution in [0.4, 0.5) is 5.69 Å². The molecule has 9 nitrogen and oxygen atoms in total. The number of hydrogen-bond donors (Lipinski definition) is 0. The number of benzene rings is 1. The molecule has 1 aromatic carbocycles. The van der Waals surface area contributed by atoms with Gasteiger partial charge in [0.15, 0.2) is 17.7 Å². The summed E-state index contributed by atoms with van der Waals surface area (Å²) in [6.45, 7) is 2.66. The van der Waals surface area contributed by atoms with Gasteiger partial charge in [0.2, 0.25) is 12.0 Å². The lowest BCUT2D eigenvalue weighted by Gasteiger charge is -2.36. The van der Waals surface area contributed by atoms with Gasteiger partial charge in [-0.2, -0.15) is 9.78 Å². The second-order valence-corrected chi connectivity index (χ2v) is 7.86. The predicted molar refractivity (Wildman–Crippen MR) is 106 cm³/mol. The maximum atomic E-state index is 13.1. The molecule has 30 heavy (non-hydrogen) atoms. The van der Waals surface area contributed by atoms with Crippen LogP contribution in [0.2, 0.25) is 0 Å². The molecule has 0 spiro atoms. The van der Waals surface area contributed by atoms with E-state index in [9.17, 15) is 4.79 Å². The minimum absolute atomic E-state index is 0.253. The fraction of sp³-hybridized carbons (Fsp3) is 0.524. The Bertz CT molecular complexity index is 1030. The Labute approximate surface area is 173 Å². The zero-order valence-electron chi connectivity index (χ0n) is 16.5. The number of fused-ring (bicyclic) bond motifs is 5. The molecule has 1 aromatic heterocycles. The van der Waals surface area contributed by atoms with Crippen LogP contribution in [0.15, 0.2) is 23.1 Å². The zero-order valence-corrected chi connectivity index (χ0v) is 16.5. The Kier molecular flexibility index (Phi) is 4.22. The molecular weight excluding hydrogens is 390 g/mol. The summed E-state index contributed by atoms with van der Waals surface area (Å²) in [5.41, 5.74) is 1.46. The van der Waals surface area contributed by atoms with Crippen molar-refractivity contribution >= 4 is 5.69 Å². The van der Waals surface area contributed by atoms with Crippen LogP contribution in [0, 0.1) is 0 Å². The molecule has 6 rings (SSSR count). The lowest BCUT2D eigenvalue weighted by atomic mass is 10.1. The zero-order chi connectivity index (χ0) is 20.1. The van der Waals surface area contributed by atoms with Gasteiger partial charge >= 0.3 is 5.56 Å². The molecule has 1 fully saturated rings. The van der Waals surface area contributed by atoms with Gasteiger partial charge in [-0.05, 0) is 37.3 Å². The molecule has 0 amide bonds. The number of aromatic nitrogens is 2. The summed E-state index contributed by atoms with van der Waals surface area (Å²) in [5.74, 6) is 2.52. The van der Waals surface area contributed by atoms with E-state index in [4.69, 9.17) is 23.7 Å². The van der Waals surface area contributed by atoms with Crippen LogP contribution in [0.5, 0.6) is 23.0 Å². The number of hydrogen-bond acceptors (Lipinski definition) is 8. The maximum absolute atomic E-state index is 13.1. The van der Waals surface area contributed by atoms with Crippen LogP contribution in [0.3, 0.4) is 0 Å². The molecule has 2 aromatic rings. The van der Waals surface area contributed by atoms with Crippen molar-refractivity contribution in [3.05, 3.63) is 34.2 Å². The molecule has 0 N–H and O–H groups in total. The highest BCUT2D eigenvalue weighted by Gasteiger charge is 2.35. The SMILES string of the molecule is O=c1c2c(cnn1C1CCCCO1)N1CCc3cc4c(cc3OC1CO2)OCCO4. The van der Waals surface area contributed by atoms with E-state index < -0.39 is 0 Å². The number of rotatable bonds is 1. The predicted octanol–water partition coefficient (Wildman–Crippen LogP) is 1.87. The summed E-state index contributed by atoms with van der Waals surface area (Å²) in [4.78, 5) is 15.1. The van der Waals surface area contributed by atoms with Crippen LogP contribution >= 0.6 is 0 Å². The minimum atomic E-state index is -0.343. The molecule has 0 radical (unpaired) electrons. The van der Waals surface area contributed by atoms with Crippen molar-refractivity contribution in [3.63, 3.8) is 0 Å². The second-order valence-electron chi connectivity index (χ2n) is 7.86. The Morgan fingerprint density at radius 3 is 2.67 bits per heavy atom. The molecule has 0 saturated carbocycles. The molecule has 0 bridgehead atoms. The monoisotopic (exact) mass is 413 g/mol. The van der Waals surface area contributed by atoms with Crippen LogP contribution < -0.4 is 29.4 Å². The first kappa shape index (κ1) is 17.9. The average Bonchev–Trinajstić information content (AvgIpc) is 2.97. The third kappa shape index (κ3) is 2.87. The standard InChI is InChI=1S/C21H23N3O6/c25-21-20-14(11-22-24(21)18-3-1-2-6-28-18)23-5-4-13-9-16-17(27-8-7-26-16)10-15(13)30-19(23)12-29-20/h9-11,18-19H,1-8,12H2. The van der Waals surface area contributed by atoms with Crippen LogP contribution in [-0.4, -0.2) is 49.0 Å². The van der Waals surface area contributed by atoms with E-state index in [1.165, 1.54) is 4.68 Å². The third-order valence-electron chi connectivity index (χ3n) is 6.01. The highest BCUT2D eigenvalue weighted by atomic mass is 16.6. The van der Waals surface area contributed by atoms with E-state index in [0.29, 0.717) is 43.6 Å². The first-order valence-electron chi connectivity index (χ1n) is 10.5. The van der Waals surface area contributed by atoms with Gasteiger partial charge in [-0.25, -0.2) is 0 Å². The first-order valence-corrected chi connectivity index (χ1v) is 10.5. The summed E-state index contributed by atoms with van der Waals surface area (Å²) in [5, 5.41) is 4.41. The van der Waals surface area contributed by atoms with Crippen molar-refractivity contribution < 1.29 is 23.7 Å². The molecule has 158 valence electrons. The van der Waals surface area contributed by atoms with Crippen LogP contribution in [0.25, 0.3) is 0 Å². The number of ether oxygens (including phenoxy) is 5. The van der Waals surface area contributed by atoms with Crippen molar-refractivity contribution in [2.24, 2.45) is 0 Å². The summed E-state index contributed by atoms with van der Waals surface area (Å²) in [6.07, 6.45) is 4.59. The molecule has 2 atom stereocenters. The molecule has 0 aliphatic carbocycles.